The number of nitriles is 1. The van der Waals surface area contributed by atoms with Gasteiger partial charge in [0.25, 0.3) is 5.91 Å². The van der Waals surface area contributed by atoms with Gasteiger partial charge >= 0.3 is 0 Å². The van der Waals surface area contributed by atoms with Gasteiger partial charge in [0.05, 0.1) is 18.1 Å². The molecule has 0 radical (unpaired) electrons. The van der Waals surface area contributed by atoms with Crippen molar-refractivity contribution in [2.75, 3.05) is 11.9 Å². The summed E-state index contributed by atoms with van der Waals surface area (Å²) in [6.07, 6.45) is 4.94. The average molecular weight is 348 g/mol. The molecule has 0 spiro atoms. The third-order valence-corrected chi connectivity index (χ3v) is 4.41. The van der Waals surface area contributed by atoms with E-state index in [-0.39, 0.29) is 11.8 Å². The Kier molecular flexibility index (Phi) is 5.18. The van der Waals surface area contributed by atoms with Gasteiger partial charge in [0.1, 0.15) is 0 Å². The lowest BCUT2D eigenvalue weighted by molar-refractivity contribution is -0.121. The number of carbonyl (C=O) groups is 2. The number of H-pyrrole nitrogens is 1. The Labute approximate surface area is 151 Å². The number of hydrogen-bond donors (Lipinski definition) is 3. The lowest BCUT2D eigenvalue weighted by Crippen LogP contribution is -2.24. The van der Waals surface area contributed by atoms with Gasteiger partial charge in [0, 0.05) is 36.1 Å². The van der Waals surface area contributed by atoms with E-state index in [1.165, 1.54) is 0 Å². The Hall–Kier alpha value is -3.33. The van der Waals surface area contributed by atoms with Gasteiger partial charge in [-0.3, -0.25) is 9.59 Å². The molecule has 0 saturated carbocycles. The minimum absolute atomic E-state index is 0.0802. The third kappa shape index (κ3) is 3.67. The fourth-order valence-electron chi connectivity index (χ4n) is 3.04. The molecule has 2 aromatic rings. The van der Waals surface area contributed by atoms with Crippen LogP contribution in [0.5, 0.6) is 0 Å². The number of rotatable bonds is 6. The maximum absolute atomic E-state index is 12.3. The first-order chi connectivity index (χ1) is 12.6. The van der Waals surface area contributed by atoms with Crippen LogP contribution in [0.4, 0.5) is 5.69 Å². The van der Waals surface area contributed by atoms with Crippen LogP contribution in [-0.4, -0.2) is 23.3 Å². The topological polar surface area (TPSA) is 97.8 Å². The SMILES string of the molecule is Cc1c[nH]c(/C=C2\C(=O)Nc3ccccc32)c1CCC(=O)NCCC#N. The number of aryl methyl sites for hydroxylation is 1. The van der Waals surface area contributed by atoms with Crippen LogP contribution >= 0.6 is 0 Å². The second-order valence-corrected chi connectivity index (χ2v) is 6.18. The van der Waals surface area contributed by atoms with Crippen LogP contribution in [0.1, 0.15) is 35.2 Å². The van der Waals surface area contributed by atoms with Crippen molar-refractivity contribution in [2.45, 2.75) is 26.2 Å². The molecule has 0 unspecified atom stereocenters. The summed E-state index contributed by atoms with van der Waals surface area (Å²) in [5.74, 6) is -0.206. The number of hydrogen-bond acceptors (Lipinski definition) is 3. The van der Waals surface area contributed by atoms with Gasteiger partial charge in [-0.2, -0.15) is 5.26 Å². The molecule has 6 nitrogen and oxygen atoms in total. The van der Waals surface area contributed by atoms with Crippen molar-refractivity contribution in [1.29, 1.82) is 5.26 Å². The van der Waals surface area contributed by atoms with Crippen LogP contribution in [-0.2, 0) is 16.0 Å². The lowest BCUT2D eigenvalue weighted by atomic mass is 10.0. The maximum atomic E-state index is 12.3. The molecule has 0 aliphatic carbocycles. The molecule has 3 rings (SSSR count). The highest BCUT2D eigenvalue weighted by atomic mass is 16.2. The molecule has 0 bridgehead atoms. The molecule has 0 saturated heterocycles. The van der Waals surface area contributed by atoms with Gasteiger partial charge in [-0.05, 0) is 36.6 Å². The number of nitrogens with one attached hydrogen (secondary N) is 3. The van der Waals surface area contributed by atoms with E-state index < -0.39 is 0 Å². The first kappa shape index (κ1) is 17.5. The first-order valence-corrected chi connectivity index (χ1v) is 8.53. The van der Waals surface area contributed by atoms with Gasteiger partial charge in [0.15, 0.2) is 0 Å². The third-order valence-electron chi connectivity index (χ3n) is 4.41. The molecule has 2 heterocycles. The Morgan fingerprint density at radius 3 is 2.96 bits per heavy atom. The van der Waals surface area contributed by atoms with Crippen LogP contribution in [0.2, 0.25) is 0 Å². The van der Waals surface area contributed by atoms with E-state index in [4.69, 9.17) is 5.26 Å². The van der Waals surface area contributed by atoms with E-state index in [0.717, 1.165) is 28.1 Å². The van der Waals surface area contributed by atoms with Gasteiger partial charge in [-0.15, -0.1) is 0 Å². The molecule has 1 aliphatic heterocycles. The minimum atomic E-state index is -0.126. The number of carbonyl (C=O) groups excluding carboxylic acids is 2. The fraction of sp³-hybridized carbons (Fsp3) is 0.250. The molecule has 132 valence electrons. The number of fused-ring (bicyclic) bond motifs is 1. The van der Waals surface area contributed by atoms with E-state index in [0.29, 0.717) is 31.4 Å². The zero-order valence-electron chi connectivity index (χ0n) is 14.6. The smallest absolute Gasteiger partial charge is 0.256 e. The van der Waals surface area contributed by atoms with E-state index in [2.05, 4.69) is 15.6 Å². The van der Waals surface area contributed by atoms with Crippen LogP contribution in [0.15, 0.2) is 30.5 Å². The number of anilines is 1. The predicted molar refractivity (Wildman–Crippen MR) is 100 cm³/mol. The molecular weight excluding hydrogens is 328 g/mol. The number of benzene rings is 1. The summed E-state index contributed by atoms with van der Waals surface area (Å²) in [5.41, 5.74) is 5.21. The largest absolute Gasteiger partial charge is 0.361 e. The average Bonchev–Trinajstić information content (AvgIpc) is 3.14. The van der Waals surface area contributed by atoms with Gasteiger partial charge in [-0.25, -0.2) is 0 Å². The van der Waals surface area contributed by atoms with Crippen molar-refractivity contribution in [3.63, 3.8) is 0 Å². The summed E-state index contributed by atoms with van der Waals surface area (Å²) in [4.78, 5) is 27.4. The highest BCUT2D eigenvalue weighted by Crippen LogP contribution is 2.33. The van der Waals surface area contributed by atoms with Crippen molar-refractivity contribution < 1.29 is 9.59 Å². The number of nitrogens with zero attached hydrogens (tertiary/aromatic N) is 1. The summed E-state index contributed by atoms with van der Waals surface area (Å²) >= 11 is 0. The molecule has 0 fully saturated rings. The molecule has 1 aromatic heterocycles. The second kappa shape index (κ2) is 7.70. The Morgan fingerprint density at radius 1 is 1.35 bits per heavy atom. The first-order valence-electron chi connectivity index (χ1n) is 8.53. The summed E-state index contributed by atoms with van der Waals surface area (Å²) in [5, 5.41) is 14.1. The standard InChI is InChI=1S/C20H20N4O2/c1-13-12-23-18(14(13)7-8-19(25)22-10-4-9-21)11-16-15-5-2-3-6-17(15)24-20(16)26/h2-3,5-6,11-12,23H,4,7-8,10H2,1H3,(H,22,25)(H,24,26)/b16-11-. The second-order valence-electron chi connectivity index (χ2n) is 6.18. The molecule has 3 N–H and O–H groups in total. The van der Waals surface area contributed by atoms with E-state index in [1.54, 1.807) is 0 Å². The van der Waals surface area contributed by atoms with Crippen LogP contribution in [0, 0.1) is 18.3 Å². The molecule has 2 amide bonds. The number of aromatic nitrogens is 1. The molecule has 6 heteroatoms. The van der Waals surface area contributed by atoms with E-state index in [1.807, 2.05) is 49.5 Å². The van der Waals surface area contributed by atoms with Crippen LogP contribution in [0.3, 0.4) is 0 Å². The highest BCUT2D eigenvalue weighted by molar-refractivity contribution is 6.34. The lowest BCUT2D eigenvalue weighted by Gasteiger charge is -2.05. The highest BCUT2D eigenvalue weighted by Gasteiger charge is 2.24. The number of amides is 2. The maximum Gasteiger partial charge on any atom is 0.256 e. The van der Waals surface area contributed by atoms with Gasteiger partial charge in [-0.1, -0.05) is 18.2 Å². The van der Waals surface area contributed by atoms with Crippen molar-refractivity contribution in [1.82, 2.24) is 10.3 Å². The Balaban J connectivity index is 1.78. The van der Waals surface area contributed by atoms with Gasteiger partial charge < -0.3 is 15.6 Å². The van der Waals surface area contributed by atoms with Crippen molar-refractivity contribution >= 4 is 29.2 Å². The Bertz CT molecular complexity index is 918. The monoisotopic (exact) mass is 348 g/mol. The van der Waals surface area contributed by atoms with Gasteiger partial charge in [0.2, 0.25) is 5.91 Å². The van der Waals surface area contributed by atoms with Crippen molar-refractivity contribution in [3.05, 3.63) is 52.8 Å². The van der Waals surface area contributed by atoms with Crippen LogP contribution in [0.25, 0.3) is 11.6 Å². The molecular formula is C20H20N4O2. The predicted octanol–water partition coefficient (Wildman–Crippen LogP) is 2.78. The zero-order chi connectivity index (χ0) is 18.5. The summed E-state index contributed by atoms with van der Waals surface area (Å²) in [6, 6.07) is 9.58. The summed E-state index contributed by atoms with van der Waals surface area (Å²) < 4.78 is 0. The zero-order valence-corrected chi connectivity index (χ0v) is 14.6. The van der Waals surface area contributed by atoms with Crippen molar-refractivity contribution in [2.24, 2.45) is 0 Å². The fourth-order valence-corrected chi connectivity index (χ4v) is 3.04. The number of aromatic amines is 1. The van der Waals surface area contributed by atoms with Crippen LogP contribution < -0.4 is 10.6 Å². The van der Waals surface area contributed by atoms with E-state index >= 15 is 0 Å². The molecule has 1 aliphatic rings. The summed E-state index contributed by atoms with van der Waals surface area (Å²) in [6.45, 7) is 2.35. The van der Waals surface area contributed by atoms with E-state index in [9.17, 15) is 9.59 Å². The molecule has 1 aromatic carbocycles. The van der Waals surface area contributed by atoms with Crippen molar-refractivity contribution in [3.8, 4) is 6.07 Å². The Morgan fingerprint density at radius 2 is 2.15 bits per heavy atom. The molecule has 26 heavy (non-hydrogen) atoms. The normalized spacial score (nSPS) is 14.0. The quantitative estimate of drug-likeness (QED) is 0.553. The number of para-hydroxylation sites is 1. The molecule has 0 atom stereocenters. The summed E-state index contributed by atoms with van der Waals surface area (Å²) in [7, 11) is 0. The minimum Gasteiger partial charge on any atom is -0.361 e.